The van der Waals surface area contributed by atoms with Crippen LogP contribution in [0.15, 0.2) is 24.3 Å². The second-order valence-corrected chi connectivity index (χ2v) is 7.51. The van der Waals surface area contributed by atoms with Crippen molar-refractivity contribution in [2.75, 3.05) is 6.54 Å². The largest absolute Gasteiger partial charge is 0.330 e. The highest BCUT2D eigenvalue weighted by molar-refractivity contribution is 7.88. The van der Waals surface area contributed by atoms with E-state index >= 15 is 0 Å². The molecule has 0 radical (unpaired) electrons. The summed E-state index contributed by atoms with van der Waals surface area (Å²) < 4.78 is 27.4. The summed E-state index contributed by atoms with van der Waals surface area (Å²) in [5.41, 5.74) is 7.66. The van der Waals surface area contributed by atoms with Crippen molar-refractivity contribution in [1.82, 2.24) is 4.72 Å². The van der Waals surface area contributed by atoms with Gasteiger partial charge in [0.1, 0.15) is 0 Å². The third-order valence-electron chi connectivity index (χ3n) is 3.98. The van der Waals surface area contributed by atoms with Crippen LogP contribution in [-0.2, 0) is 15.8 Å². The molecule has 0 saturated heterocycles. The number of aryl methyl sites for hydroxylation is 1. The lowest BCUT2D eigenvalue weighted by Gasteiger charge is -2.31. The first-order valence-corrected chi connectivity index (χ1v) is 8.91. The summed E-state index contributed by atoms with van der Waals surface area (Å²) in [5, 5.41) is 0. The Hall–Kier alpha value is -0.620. The lowest BCUT2D eigenvalue weighted by atomic mass is 9.85. The van der Waals surface area contributed by atoms with Gasteiger partial charge in [0.25, 0.3) is 0 Å². The molecule has 4 nitrogen and oxygen atoms in total. The Morgan fingerprint density at radius 2 is 2.00 bits per heavy atom. The van der Waals surface area contributed by atoms with E-state index in [-0.39, 0.29) is 30.1 Å². The van der Waals surface area contributed by atoms with Gasteiger partial charge in [-0.3, -0.25) is 0 Å². The van der Waals surface area contributed by atoms with E-state index in [1.165, 1.54) is 0 Å². The van der Waals surface area contributed by atoms with Crippen molar-refractivity contribution < 1.29 is 8.42 Å². The predicted molar refractivity (Wildman–Crippen MR) is 89.0 cm³/mol. The molecule has 1 aliphatic carbocycles. The van der Waals surface area contributed by atoms with E-state index in [4.69, 9.17) is 5.73 Å². The molecule has 1 aliphatic rings. The van der Waals surface area contributed by atoms with Crippen molar-refractivity contribution in [1.29, 1.82) is 0 Å². The standard InChI is InChI=1S/C15H24N2O2S.ClH/c1-12-5-4-6-13(9-12)11-20(18,19)17-15-8-3-2-7-14(15)10-16;/h4-6,9,14-15,17H,2-3,7-8,10-11,16H2,1H3;1H. The van der Waals surface area contributed by atoms with E-state index in [1.807, 2.05) is 31.2 Å². The van der Waals surface area contributed by atoms with Crippen LogP contribution < -0.4 is 10.5 Å². The van der Waals surface area contributed by atoms with Crippen molar-refractivity contribution in [2.24, 2.45) is 11.7 Å². The topological polar surface area (TPSA) is 72.2 Å². The zero-order valence-corrected chi connectivity index (χ0v) is 14.1. The van der Waals surface area contributed by atoms with Crippen LogP contribution in [0.3, 0.4) is 0 Å². The van der Waals surface area contributed by atoms with Crippen molar-refractivity contribution in [3.8, 4) is 0 Å². The summed E-state index contributed by atoms with van der Waals surface area (Å²) in [4.78, 5) is 0. The van der Waals surface area contributed by atoms with Crippen LogP contribution in [0.4, 0.5) is 0 Å². The molecular formula is C15H25ClN2O2S. The molecule has 0 amide bonds. The zero-order chi connectivity index (χ0) is 14.6. The molecule has 0 aliphatic heterocycles. The number of nitrogens with two attached hydrogens (primary N) is 1. The Bertz CT molecular complexity index is 548. The molecule has 21 heavy (non-hydrogen) atoms. The van der Waals surface area contributed by atoms with Crippen molar-refractivity contribution in [3.63, 3.8) is 0 Å². The van der Waals surface area contributed by atoms with Gasteiger partial charge in [-0.2, -0.15) is 0 Å². The van der Waals surface area contributed by atoms with Gasteiger partial charge >= 0.3 is 0 Å². The molecule has 3 N–H and O–H groups in total. The van der Waals surface area contributed by atoms with Crippen molar-refractivity contribution >= 4 is 22.4 Å². The summed E-state index contributed by atoms with van der Waals surface area (Å²) in [6.07, 6.45) is 4.15. The summed E-state index contributed by atoms with van der Waals surface area (Å²) in [6, 6.07) is 7.63. The predicted octanol–water partition coefficient (Wildman–Crippen LogP) is 2.35. The maximum Gasteiger partial charge on any atom is 0.216 e. The fraction of sp³-hybridized carbons (Fsp3) is 0.600. The van der Waals surface area contributed by atoms with E-state index < -0.39 is 10.0 Å². The number of rotatable bonds is 5. The molecule has 1 aromatic carbocycles. The lowest BCUT2D eigenvalue weighted by molar-refractivity contribution is 0.296. The molecule has 1 saturated carbocycles. The third-order valence-corrected chi connectivity index (χ3v) is 5.36. The molecular weight excluding hydrogens is 308 g/mol. The van der Waals surface area contributed by atoms with Crippen LogP contribution in [-0.4, -0.2) is 21.0 Å². The molecule has 2 rings (SSSR count). The highest BCUT2D eigenvalue weighted by Gasteiger charge is 2.27. The third kappa shape index (κ3) is 5.58. The van der Waals surface area contributed by atoms with Gasteiger partial charge in [-0.1, -0.05) is 42.7 Å². The Morgan fingerprint density at radius 3 is 2.67 bits per heavy atom. The lowest BCUT2D eigenvalue weighted by Crippen LogP contribution is -2.45. The van der Waals surface area contributed by atoms with Crippen molar-refractivity contribution in [3.05, 3.63) is 35.4 Å². The van der Waals surface area contributed by atoms with Gasteiger partial charge in [-0.15, -0.1) is 12.4 Å². The number of nitrogens with one attached hydrogen (secondary N) is 1. The second kappa shape index (κ2) is 8.13. The average molecular weight is 333 g/mol. The highest BCUT2D eigenvalue weighted by Crippen LogP contribution is 2.24. The first-order chi connectivity index (χ1) is 9.50. The van der Waals surface area contributed by atoms with Crippen LogP contribution in [0.1, 0.15) is 36.8 Å². The fourth-order valence-electron chi connectivity index (χ4n) is 2.94. The second-order valence-electron chi connectivity index (χ2n) is 5.75. The molecule has 2 unspecified atom stereocenters. The van der Waals surface area contributed by atoms with E-state index in [2.05, 4.69) is 4.72 Å². The van der Waals surface area contributed by atoms with Gasteiger partial charge in [-0.05, 0) is 37.8 Å². The molecule has 0 heterocycles. The first-order valence-electron chi connectivity index (χ1n) is 7.26. The minimum absolute atomic E-state index is 0. The van der Waals surface area contributed by atoms with Crippen LogP contribution in [0.5, 0.6) is 0 Å². The molecule has 120 valence electrons. The van der Waals surface area contributed by atoms with E-state index in [9.17, 15) is 8.42 Å². The maximum atomic E-state index is 12.3. The van der Waals surface area contributed by atoms with Gasteiger partial charge in [0.2, 0.25) is 10.0 Å². The van der Waals surface area contributed by atoms with Gasteiger partial charge in [0.15, 0.2) is 0 Å². The SMILES string of the molecule is Cc1cccc(CS(=O)(=O)NC2CCCCC2CN)c1.Cl. The average Bonchev–Trinajstić information content (AvgIpc) is 2.38. The maximum absolute atomic E-state index is 12.3. The minimum Gasteiger partial charge on any atom is -0.330 e. The van der Waals surface area contributed by atoms with E-state index in [1.54, 1.807) is 0 Å². The summed E-state index contributed by atoms with van der Waals surface area (Å²) in [6.45, 7) is 2.52. The number of sulfonamides is 1. The van der Waals surface area contributed by atoms with E-state index in [0.717, 1.165) is 36.8 Å². The molecule has 0 bridgehead atoms. The quantitative estimate of drug-likeness (QED) is 0.869. The summed E-state index contributed by atoms with van der Waals surface area (Å²) in [5.74, 6) is 0.318. The van der Waals surface area contributed by atoms with Gasteiger partial charge in [-0.25, -0.2) is 13.1 Å². The molecule has 6 heteroatoms. The Kier molecular flexibility index (Phi) is 7.13. The van der Waals surface area contributed by atoms with Crippen LogP contribution in [0, 0.1) is 12.8 Å². The first kappa shape index (κ1) is 18.4. The van der Waals surface area contributed by atoms with Crippen LogP contribution >= 0.6 is 12.4 Å². The summed E-state index contributed by atoms with van der Waals surface area (Å²) >= 11 is 0. The molecule has 0 aromatic heterocycles. The molecule has 1 fully saturated rings. The van der Waals surface area contributed by atoms with Crippen molar-refractivity contribution in [2.45, 2.75) is 44.4 Å². The minimum atomic E-state index is -3.30. The summed E-state index contributed by atoms with van der Waals surface area (Å²) in [7, 11) is -3.30. The normalized spacial score (nSPS) is 22.6. The smallest absolute Gasteiger partial charge is 0.216 e. The number of benzene rings is 1. The number of hydrogen-bond acceptors (Lipinski definition) is 3. The Morgan fingerprint density at radius 1 is 1.29 bits per heavy atom. The van der Waals surface area contributed by atoms with Crippen LogP contribution in [0.25, 0.3) is 0 Å². The van der Waals surface area contributed by atoms with Gasteiger partial charge in [0.05, 0.1) is 5.75 Å². The fourth-order valence-corrected chi connectivity index (χ4v) is 4.41. The molecule has 0 spiro atoms. The monoisotopic (exact) mass is 332 g/mol. The number of halogens is 1. The molecule has 2 atom stereocenters. The zero-order valence-electron chi connectivity index (χ0n) is 12.4. The van der Waals surface area contributed by atoms with Gasteiger partial charge < -0.3 is 5.73 Å². The Labute approximate surface area is 134 Å². The van der Waals surface area contributed by atoms with Crippen LogP contribution in [0.2, 0.25) is 0 Å². The number of hydrogen-bond donors (Lipinski definition) is 2. The Balaban J connectivity index is 0.00000220. The van der Waals surface area contributed by atoms with E-state index in [0.29, 0.717) is 6.54 Å². The van der Waals surface area contributed by atoms with Gasteiger partial charge in [0, 0.05) is 6.04 Å². The molecule has 1 aromatic rings. The highest BCUT2D eigenvalue weighted by atomic mass is 35.5.